The maximum Gasteiger partial charge on any atom is 0.247 e. The molecule has 0 aliphatic carbocycles. The van der Waals surface area contributed by atoms with Crippen LogP contribution in [0.1, 0.15) is 12.0 Å². The van der Waals surface area contributed by atoms with Crippen molar-refractivity contribution in [3.63, 3.8) is 0 Å². The van der Waals surface area contributed by atoms with Crippen LogP contribution in [0.3, 0.4) is 0 Å². The second-order valence-electron chi connectivity index (χ2n) is 5.06. The second kappa shape index (κ2) is 7.79. The number of nitrogens with one attached hydrogen (secondary N) is 2. The van der Waals surface area contributed by atoms with E-state index in [1.54, 1.807) is 36.4 Å². The van der Waals surface area contributed by atoms with Gasteiger partial charge in [0.1, 0.15) is 0 Å². The Bertz CT molecular complexity index is 708. The van der Waals surface area contributed by atoms with E-state index >= 15 is 0 Å². The molecule has 0 fully saturated rings. The van der Waals surface area contributed by atoms with Crippen LogP contribution in [0, 0.1) is 0 Å². The third kappa shape index (κ3) is 5.32. The van der Waals surface area contributed by atoms with Gasteiger partial charge in [0.2, 0.25) is 11.8 Å². The van der Waals surface area contributed by atoms with E-state index < -0.39 is 0 Å². The van der Waals surface area contributed by atoms with Gasteiger partial charge in [0.05, 0.1) is 0 Å². The fourth-order valence-electron chi connectivity index (χ4n) is 2.05. The largest absolute Gasteiger partial charge is 0.399 e. The molecule has 0 unspecified atom stereocenters. The summed E-state index contributed by atoms with van der Waals surface area (Å²) in [4.78, 5) is 23.1. The van der Waals surface area contributed by atoms with E-state index in [-0.39, 0.29) is 11.8 Å². The standard InChI is InChI=1S/C18H19N3O2/c1-2-17(22)20-15-9-6-13(7-10-15)8-11-18(23)21-16-5-3-4-14(19)12-16/h2-7,9-10,12H,1,8,11,19H2,(H,20,22)(H,21,23). The fraction of sp³-hybridized carbons (Fsp3) is 0.111. The first-order chi connectivity index (χ1) is 11.1. The van der Waals surface area contributed by atoms with Crippen molar-refractivity contribution in [3.8, 4) is 0 Å². The summed E-state index contributed by atoms with van der Waals surface area (Å²) in [5.74, 6) is -0.320. The topological polar surface area (TPSA) is 84.2 Å². The normalized spacial score (nSPS) is 9.91. The highest BCUT2D eigenvalue weighted by atomic mass is 16.2. The molecule has 2 amide bonds. The minimum atomic E-state index is -0.251. The average molecular weight is 309 g/mol. The molecule has 0 saturated carbocycles. The molecule has 0 aliphatic rings. The van der Waals surface area contributed by atoms with Crippen molar-refractivity contribution in [1.82, 2.24) is 0 Å². The lowest BCUT2D eigenvalue weighted by atomic mass is 10.1. The van der Waals surface area contributed by atoms with Gasteiger partial charge in [0.15, 0.2) is 0 Å². The number of benzene rings is 2. The number of amides is 2. The van der Waals surface area contributed by atoms with Crippen LogP contribution in [0.15, 0.2) is 61.2 Å². The Labute approximate surface area is 135 Å². The molecule has 0 saturated heterocycles. The van der Waals surface area contributed by atoms with Gasteiger partial charge in [-0.25, -0.2) is 0 Å². The zero-order valence-electron chi connectivity index (χ0n) is 12.7. The fourth-order valence-corrected chi connectivity index (χ4v) is 2.05. The molecule has 2 aromatic rings. The van der Waals surface area contributed by atoms with Gasteiger partial charge in [0, 0.05) is 23.5 Å². The van der Waals surface area contributed by atoms with E-state index in [0.717, 1.165) is 5.56 Å². The number of nitrogen functional groups attached to an aromatic ring is 1. The molecule has 2 rings (SSSR count). The lowest BCUT2D eigenvalue weighted by Crippen LogP contribution is -2.12. The number of hydrogen-bond donors (Lipinski definition) is 3. The molecule has 0 bridgehead atoms. The van der Waals surface area contributed by atoms with Crippen molar-refractivity contribution in [1.29, 1.82) is 0 Å². The highest BCUT2D eigenvalue weighted by Crippen LogP contribution is 2.14. The maximum absolute atomic E-state index is 11.9. The Balaban J connectivity index is 1.84. The third-order valence-electron chi connectivity index (χ3n) is 3.22. The van der Waals surface area contributed by atoms with Crippen molar-refractivity contribution in [2.24, 2.45) is 0 Å². The number of carbonyl (C=O) groups is 2. The first-order valence-corrected chi connectivity index (χ1v) is 7.24. The van der Waals surface area contributed by atoms with E-state index in [4.69, 9.17) is 5.73 Å². The van der Waals surface area contributed by atoms with Crippen LogP contribution in [0.4, 0.5) is 17.1 Å². The zero-order chi connectivity index (χ0) is 16.7. The van der Waals surface area contributed by atoms with E-state index in [2.05, 4.69) is 17.2 Å². The Hall–Kier alpha value is -3.08. The number of anilines is 3. The van der Waals surface area contributed by atoms with Gasteiger partial charge < -0.3 is 16.4 Å². The lowest BCUT2D eigenvalue weighted by molar-refractivity contribution is -0.116. The van der Waals surface area contributed by atoms with E-state index in [1.807, 2.05) is 12.1 Å². The highest BCUT2D eigenvalue weighted by Gasteiger charge is 2.04. The van der Waals surface area contributed by atoms with Gasteiger partial charge >= 0.3 is 0 Å². The van der Waals surface area contributed by atoms with Gasteiger partial charge in [-0.2, -0.15) is 0 Å². The molecule has 0 spiro atoms. The Morgan fingerprint density at radius 3 is 2.43 bits per heavy atom. The molecule has 0 atom stereocenters. The predicted molar refractivity (Wildman–Crippen MR) is 93.1 cm³/mol. The summed E-state index contributed by atoms with van der Waals surface area (Å²) < 4.78 is 0. The Kier molecular flexibility index (Phi) is 5.52. The summed E-state index contributed by atoms with van der Waals surface area (Å²) >= 11 is 0. The molecule has 0 heterocycles. The number of carbonyl (C=O) groups excluding carboxylic acids is 2. The van der Waals surface area contributed by atoms with Crippen molar-refractivity contribution in [3.05, 3.63) is 66.7 Å². The van der Waals surface area contributed by atoms with Crippen LogP contribution in [0.2, 0.25) is 0 Å². The molecule has 23 heavy (non-hydrogen) atoms. The van der Waals surface area contributed by atoms with Crippen molar-refractivity contribution >= 4 is 28.9 Å². The van der Waals surface area contributed by atoms with E-state index in [9.17, 15) is 9.59 Å². The van der Waals surface area contributed by atoms with E-state index in [0.29, 0.717) is 29.9 Å². The van der Waals surface area contributed by atoms with Crippen LogP contribution in [-0.2, 0) is 16.0 Å². The number of rotatable bonds is 6. The molecule has 0 radical (unpaired) electrons. The quantitative estimate of drug-likeness (QED) is 0.566. The third-order valence-corrected chi connectivity index (χ3v) is 3.22. The molecule has 0 aromatic heterocycles. The maximum atomic E-state index is 11.9. The summed E-state index contributed by atoms with van der Waals surface area (Å²) in [5.41, 5.74) is 8.69. The lowest BCUT2D eigenvalue weighted by Gasteiger charge is -2.07. The molecule has 4 N–H and O–H groups in total. The van der Waals surface area contributed by atoms with E-state index in [1.165, 1.54) is 6.08 Å². The molecular weight excluding hydrogens is 290 g/mol. The van der Waals surface area contributed by atoms with Crippen LogP contribution in [-0.4, -0.2) is 11.8 Å². The van der Waals surface area contributed by atoms with Crippen molar-refractivity contribution in [2.45, 2.75) is 12.8 Å². The molecular formula is C18H19N3O2. The van der Waals surface area contributed by atoms with Crippen LogP contribution in [0.5, 0.6) is 0 Å². The smallest absolute Gasteiger partial charge is 0.247 e. The highest BCUT2D eigenvalue weighted by molar-refractivity contribution is 5.98. The van der Waals surface area contributed by atoms with Gasteiger partial charge in [-0.3, -0.25) is 9.59 Å². The summed E-state index contributed by atoms with van der Waals surface area (Å²) in [6.07, 6.45) is 2.20. The first kappa shape index (κ1) is 16.3. The minimum Gasteiger partial charge on any atom is -0.399 e. The monoisotopic (exact) mass is 309 g/mol. The van der Waals surface area contributed by atoms with Crippen LogP contribution >= 0.6 is 0 Å². The minimum absolute atomic E-state index is 0.0698. The first-order valence-electron chi connectivity index (χ1n) is 7.24. The number of hydrogen-bond acceptors (Lipinski definition) is 3. The summed E-state index contributed by atoms with van der Waals surface area (Å²) in [6, 6.07) is 14.4. The second-order valence-corrected chi connectivity index (χ2v) is 5.06. The van der Waals surface area contributed by atoms with Crippen LogP contribution in [0.25, 0.3) is 0 Å². The summed E-state index contributed by atoms with van der Waals surface area (Å²) in [7, 11) is 0. The number of aryl methyl sites for hydroxylation is 1. The zero-order valence-corrected chi connectivity index (χ0v) is 12.7. The van der Waals surface area contributed by atoms with Gasteiger partial charge in [-0.1, -0.05) is 24.8 Å². The molecule has 2 aromatic carbocycles. The van der Waals surface area contributed by atoms with Gasteiger partial charge in [0.25, 0.3) is 0 Å². The van der Waals surface area contributed by atoms with Crippen molar-refractivity contribution in [2.75, 3.05) is 16.4 Å². The Morgan fingerprint density at radius 2 is 1.78 bits per heavy atom. The SMILES string of the molecule is C=CC(=O)Nc1ccc(CCC(=O)Nc2cccc(N)c2)cc1. The van der Waals surface area contributed by atoms with Gasteiger partial charge in [-0.05, 0) is 48.4 Å². The number of nitrogens with two attached hydrogens (primary N) is 1. The van der Waals surface area contributed by atoms with Gasteiger partial charge in [-0.15, -0.1) is 0 Å². The molecule has 5 heteroatoms. The molecule has 5 nitrogen and oxygen atoms in total. The summed E-state index contributed by atoms with van der Waals surface area (Å²) in [5, 5.41) is 5.48. The predicted octanol–water partition coefficient (Wildman–Crippen LogP) is 2.96. The van der Waals surface area contributed by atoms with Crippen molar-refractivity contribution < 1.29 is 9.59 Å². The average Bonchev–Trinajstić information content (AvgIpc) is 2.54. The molecule has 118 valence electrons. The molecule has 0 aliphatic heterocycles. The Morgan fingerprint density at radius 1 is 1.04 bits per heavy atom. The summed E-state index contributed by atoms with van der Waals surface area (Å²) in [6.45, 7) is 3.40. The van der Waals surface area contributed by atoms with Crippen LogP contribution < -0.4 is 16.4 Å².